The highest BCUT2D eigenvalue weighted by molar-refractivity contribution is 6.62. The molecule has 0 bridgehead atoms. The summed E-state index contributed by atoms with van der Waals surface area (Å²) >= 11 is 0. The first-order valence-electron chi connectivity index (χ1n) is 8.21. The van der Waals surface area contributed by atoms with Gasteiger partial charge in [0, 0.05) is 15.8 Å². The molecule has 112 valence electrons. The fraction of sp³-hybridized carbons (Fsp3) is 0.643. The van der Waals surface area contributed by atoms with Crippen molar-refractivity contribution in [2.75, 3.05) is 0 Å². The van der Waals surface area contributed by atoms with Gasteiger partial charge in [0.2, 0.25) is 1.43 Å². The Labute approximate surface area is 133 Å². The van der Waals surface area contributed by atoms with Crippen LogP contribution in [-0.2, 0) is 14.9 Å². The zero-order valence-electron chi connectivity index (χ0n) is 16.4. The molecule has 0 spiro atoms. The number of hydrogen-bond donors (Lipinski definition) is 1. The van der Waals surface area contributed by atoms with Crippen LogP contribution in [0.4, 0.5) is 0 Å². The third-order valence-corrected chi connectivity index (χ3v) is 3.80. The Morgan fingerprint density at radius 1 is 1.30 bits per heavy atom. The molecule has 1 N–H and O–H groups in total. The van der Waals surface area contributed by atoms with Crippen LogP contribution in [0.5, 0.6) is 0 Å². The molecule has 1 unspecified atom stereocenters. The van der Waals surface area contributed by atoms with Crippen molar-refractivity contribution in [3.63, 3.8) is 0 Å². The van der Waals surface area contributed by atoms with Gasteiger partial charge in [-0.3, -0.25) is 4.98 Å². The number of rotatable bonds is 3. The van der Waals surface area contributed by atoms with Crippen molar-refractivity contribution in [3.8, 4) is 0 Å². The van der Waals surface area contributed by atoms with Gasteiger partial charge >= 0.3 is 7.12 Å². The molecule has 0 amide bonds. The Morgan fingerprint density at radius 2 is 1.90 bits per heavy atom. The highest BCUT2D eigenvalue weighted by Gasteiger charge is 2.51. The normalized spacial score (nSPS) is 26.6. The van der Waals surface area contributed by atoms with Crippen molar-refractivity contribution in [1.29, 1.82) is 1.43 Å². The first kappa shape index (κ1) is 12.0. The summed E-state index contributed by atoms with van der Waals surface area (Å²) in [7, 11) is -0.572. The minimum atomic E-state index is -2.51. The molecule has 2 heterocycles. The van der Waals surface area contributed by atoms with Gasteiger partial charge in [0.15, 0.2) is 0 Å². The van der Waals surface area contributed by atoms with Crippen molar-refractivity contribution in [3.05, 3.63) is 24.0 Å². The number of pyridine rings is 1. The summed E-state index contributed by atoms with van der Waals surface area (Å²) in [5.41, 5.74) is -1.87. The average molecular weight is 304 g/mol. The molecule has 4 nitrogen and oxygen atoms in total. The van der Waals surface area contributed by atoms with Gasteiger partial charge in [-0.15, -0.1) is 12.4 Å². The predicted molar refractivity (Wildman–Crippen MR) is 82.4 cm³/mol. The second-order valence-corrected chi connectivity index (χ2v) is 6.10. The summed E-state index contributed by atoms with van der Waals surface area (Å²) in [6.45, 7) is 6.63. The number of aliphatic hydroxyl groups is 1. The van der Waals surface area contributed by atoms with E-state index in [0.29, 0.717) is 5.46 Å². The summed E-state index contributed by atoms with van der Waals surface area (Å²) in [5.74, 6) is 0. The van der Waals surface area contributed by atoms with Crippen LogP contribution in [-0.4, -0.2) is 29.8 Å². The van der Waals surface area contributed by atoms with Crippen LogP contribution in [0, 0.1) is 0 Å². The van der Waals surface area contributed by atoms with E-state index >= 15 is 0 Å². The maximum atomic E-state index is 7.55. The van der Waals surface area contributed by atoms with E-state index < -0.39 is 30.8 Å². The molecule has 0 saturated carbocycles. The van der Waals surface area contributed by atoms with Gasteiger partial charge in [-0.2, -0.15) is 0 Å². The predicted octanol–water partition coefficient (Wildman–Crippen LogP) is 2.03. The standard InChI is InChI=1S/C14H22BNO3.ClH/c1-12(2,17)11-8-7-10(9-16-11)15-18-13(3,4)14(5,6)19-15;/h7-9,17H,1-6H3;1H/i1D3,17D;. The van der Waals surface area contributed by atoms with Crippen LogP contribution in [0.1, 0.15) is 51.3 Å². The van der Waals surface area contributed by atoms with E-state index in [4.69, 9.17) is 14.9 Å². The maximum Gasteiger partial charge on any atom is 0.496 e. The van der Waals surface area contributed by atoms with E-state index in [1.54, 1.807) is 6.07 Å². The van der Waals surface area contributed by atoms with Crippen molar-refractivity contribution in [2.45, 2.75) is 58.3 Å². The molecule has 1 atom stereocenters. The highest BCUT2D eigenvalue weighted by Crippen LogP contribution is 2.36. The number of hydrogen-bond acceptors (Lipinski definition) is 4. The Morgan fingerprint density at radius 3 is 2.30 bits per heavy atom. The van der Waals surface area contributed by atoms with Gasteiger partial charge in [-0.1, -0.05) is 6.07 Å². The van der Waals surface area contributed by atoms with Crippen molar-refractivity contribution < 1.29 is 18.5 Å². The lowest BCUT2D eigenvalue weighted by molar-refractivity contribution is 0.00578. The first-order valence-corrected chi connectivity index (χ1v) is 6.30. The molecule has 1 aliphatic rings. The van der Waals surface area contributed by atoms with Crippen LogP contribution in [0.15, 0.2) is 18.3 Å². The molecule has 2 rings (SSSR count). The maximum absolute atomic E-state index is 7.55. The largest absolute Gasteiger partial charge is 0.496 e. The summed E-state index contributed by atoms with van der Waals surface area (Å²) in [6.07, 6.45) is 1.50. The van der Waals surface area contributed by atoms with Crippen LogP contribution in [0.3, 0.4) is 0 Å². The van der Waals surface area contributed by atoms with Crippen LogP contribution >= 0.6 is 12.4 Å². The van der Waals surface area contributed by atoms with E-state index in [0.717, 1.165) is 0 Å². The second-order valence-electron chi connectivity index (χ2n) is 6.10. The SMILES string of the molecule is Cl.[2H]OC(C)(c1ccc(B2OC(C)(C)C(C)(C)O2)cn1)C([2H])([2H])[2H]. The molecular formula is C14H23BClNO3. The molecule has 1 aromatic heterocycles. The molecule has 1 fully saturated rings. The van der Waals surface area contributed by atoms with Gasteiger partial charge in [-0.25, -0.2) is 0 Å². The lowest BCUT2D eigenvalue weighted by Crippen LogP contribution is -2.41. The summed E-state index contributed by atoms with van der Waals surface area (Å²) in [6, 6.07) is 3.22. The average Bonchev–Trinajstić information content (AvgIpc) is 2.65. The van der Waals surface area contributed by atoms with E-state index in [1.165, 1.54) is 19.2 Å². The number of aromatic nitrogens is 1. The topological polar surface area (TPSA) is 51.6 Å². The molecule has 20 heavy (non-hydrogen) atoms. The Bertz CT molecular complexity index is 566. The van der Waals surface area contributed by atoms with Gasteiger partial charge in [-0.05, 0) is 47.5 Å². The first-order chi connectivity index (χ1) is 10.3. The smallest absolute Gasteiger partial charge is 0.399 e. The third-order valence-electron chi connectivity index (χ3n) is 3.80. The Hall–Kier alpha value is -0.615. The van der Waals surface area contributed by atoms with Crippen LogP contribution in [0.2, 0.25) is 0 Å². The monoisotopic (exact) mass is 303 g/mol. The molecule has 0 aromatic carbocycles. The molecule has 0 aliphatic carbocycles. The fourth-order valence-electron chi connectivity index (χ4n) is 1.81. The molecule has 1 saturated heterocycles. The quantitative estimate of drug-likeness (QED) is 0.868. The van der Waals surface area contributed by atoms with E-state index in [-0.39, 0.29) is 18.1 Å². The van der Waals surface area contributed by atoms with Crippen molar-refractivity contribution in [2.24, 2.45) is 0 Å². The Balaban J connectivity index is 0.00000288. The van der Waals surface area contributed by atoms with E-state index in [9.17, 15) is 0 Å². The molecular weight excluding hydrogens is 276 g/mol. The minimum Gasteiger partial charge on any atom is -0.399 e. The molecule has 1 aliphatic heterocycles. The van der Waals surface area contributed by atoms with Crippen molar-refractivity contribution >= 4 is 25.0 Å². The summed E-state index contributed by atoms with van der Waals surface area (Å²) in [4.78, 5) is 4.16. The summed E-state index contributed by atoms with van der Waals surface area (Å²) < 4.78 is 41.6. The highest BCUT2D eigenvalue weighted by atomic mass is 35.5. The molecule has 6 heteroatoms. The van der Waals surface area contributed by atoms with Crippen molar-refractivity contribution in [1.82, 2.24) is 4.98 Å². The third kappa shape index (κ3) is 3.17. The van der Waals surface area contributed by atoms with Gasteiger partial charge in [0.25, 0.3) is 0 Å². The molecule has 1 aromatic rings. The number of nitrogens with zero attached hydrogens (tertiary/aromatic N) is 1. The van der Waals surface area contributed by atoms with E-state index in [2.05, 4.69) is 10.1 Å². The van der Waals surface area contributed by atoms with Gasteiger partial charge in [0.1, 0.15) is 5.60 Å². The van der Waals surface area contributed by atoms with Gasteiger partial charge < -0.3 is 14.4 Å². The Kier molecular flexibility index (Phi) is 3.17. The lowest BCUT2D eigenvalue weighted by Gasteiger charge is -2.32. The van der Waals surface area contributed by atoms with Crippen LogP contribution < -0.4 is 5.46 Å². The minimum absolute atomic E-state index is 0. The van der Waals surface area contributed by atoms with Gasteiger partial charge in [0.05, 0.1) is 16.9 Å². The van der Waals surface area contributed by atoms with E-state index in [1.807, 2.05) is 27.7 Å². The number of halogens is 1. The zero-order chi connectivity index (χ0) is 17.7. The lowest BCUT2D eigenvalue weighted by atomic mass is 9.80. The molecule has 0 radical (unpaired) electrons. The zero-order valence-corrected chi connectivity index (χ0v) is 13.2. The summed E-state index contributed by atoms with van der Waals surface area (Å²) in [5, 5.41) is 4.48. The van der Waals surface area contributed by atoms with Crippen LogP contribution in [0.25, 0.3) is 0 Å². The fourth-order valence-corrected chi connectivity index (χ4v) is 1.81. The second kappa shape index (κ2) is 5.30.